The summed E-state index contributed by atoms with van der Waals surface area (Å²) in [6, 6.07) is 0.442. The molecule has 1 fully saturated rings. The van der Waals surface area contributed by atoms with Gasteiger partial charge in [-0.2, -0.15) is 5.10 Å². The smallest absolute Gasteiger partial charge is 0.282 e. The number of anilines is 1. The Balaban J connectivity index is 2.18. The fraction of sp³-hybridized carbons (Fsp3) is 0.692. The number of nitrogens with one attached hydrogen (secondary N) is 1. The first-order chi connectivity index (χ1) is 8.59. The van der Waals surface area contributed by atoms with Crippen molar-refractivity contribution in [3.05, 3.63) is 21.0 Å². The Morgan fingerprint density at radius 1 is 1.39 bits per heavy atom. The molecule has 2 unspecified atom stereocenters. The predicted octanol–water partition coefficient (Wildman–Crippen LogP) is 2.92. The molecule has 1 N–H and O–H groups in total. The second-order valence-corrected chi connectivity index (χ2v) is 5.96. The van der Waals surface area contributed by atoms with Crippen molar-refractivity contribution < 1.29 is 0 Å². The zero-order valence-electron chi connectivity index (χ0n) is 10.9. The van der Waals surface area contributed by atoms with E-state index in [0.29, 0.717) is 16.4 Å². The first-order valence-electron chi connectivity index (χ1n) is 6.58. The number of aromatic nitrogens is 2. The standard InChI is InChI=1S/C13H20BrN3O/c1-9-6-4-3-5-7-10(9)16-11-8-15-17(2)13(18)12(11)14/h8-10,16H,3-7H2,1-2H3. The third-order valence-corrected chi connectivity index (χ3v) is 4.55. The highest BCUT2D eigenvalue weighted by Gasteiger charge is 2.21. The van der Waals surface area contributed by atoms with E-state index >= 15 is 0 Å². The van der Waals surface area contributed by atoms with Crippen molar-refractivity contribution in [1.29, 1.82) is 0 Å². The first-order valence-corrected chi connectivity index (χ1v) is 7.37. The molecule has 5 heteroatoms. The van der Waals surface area contributed by atoms with Gasteiger partial charge in [0, 0.05) is 13.1 Å². The largest absolute Gasteiger partial charge is 0.380 e. The lowest BCUT2D eigenvalue weighted by Crippen LogP contribution is -2.29. The molecule has 2 atom stereocenters. The molecule has 1 aliphatic rings. The summed E-state index contributed by atoms with van der Waals surface area (Å²) >= 11 is 3.36. The number of nitrogens with zero attached hydrogens (tertiary/aromatic N) is 2. The van der Waals surface area contributed by atoms with Gasteiger partial charge in [-0.05, 0) is 34.7 Å². The van der Waals surface area contributed by atoms with Crippen LogP contribution >= 0.6 is 15.9 Å². The van der Waals surface area contributed by atoms with Crippen LogP contribution in [0.5, 0.6) is 0 Å². The lowest BCUT2D eigenvalue weighted by atomic mass is 9.97. The van der Waals surface area contributed by atoms with Crippen LogP contribution in [0, 0.1) is 5.92 Å². The van der Waals surface area contributed by atoms with Crippen molar-refractivity contribution >= 4 is 21.6 Å². The van der Waals surface area contributed by atoms with E-state index in [0.717, 1.165) is 5.69 Å². The van der Waals surface area contributed by atoms with Gasteiger partial charge in [0.1, 0.15) is 4.47 Å². The summed E-state index contributed by atoms with van der Waals surface area (Å²) in [7, 11) is 1.66. The number of rotatable bonds is 2. The van der Waals surface area contributed by atoms with Crippen LogP contribution in [0.15, 0.2) is 15.5 Å². The summed E-state index contributed by atoms with van der Waals surface area (Å²) in [6.45, 7) is 2.28. The average Bonchev–Trinajstić information content (AvgIpc) is 2.56. The van der Waals surface area contributed by atoms with E-state index in [9.17, 15) is 4.79 Å². The van der Waals surface area contributed by atoms with Gasteiger partial charge in [-0.3, -0.25) is 4.79 Å². The van der Waals surface area contributed by atoms with Gasteiger partial charge in [-0.15, -0.1) is 0 Å². The molecule has 100 valence electrons. The SMILES string of the molecule is CC1CCCCCC1Nc1cnn(C)c(=O)c1Br. The fourth-order valence-corrected chi connectivity index (χ4v) is 2.99. The Kier molecular flexibility index (Phi) is 4.43. The Bertz CT molecular complexity index is 472. The van der Waals surface area contributed by atoms with Crippen LogP contribution in [0.4, 0.5) is 5.69 Å². The number of hydrogen-bond acceptors (Lipinski definition) is 3. The van der Waals surface area contributed by atoms with E-state index in [1.807, 2.05) is 0 Å². The predicted molar refractivity (Wildman–Crippen MR) is 76.8 cm³/mol. The second kappa shape index (κ2) is 5.87. The van der Waals surface area contributed by atoms with Gasteiger partial charge in [0.15, 0.2) is 0 Å². The quantitative estimate of drug-likeness (QED) is 0.854. The summed E-state index contributed by atoms with van der Waals surface area (Å²) in [5.41, 5.74) is 0.720. The monoisotopic (exact) mass is 313 g/mol. The molecule has 1 heterocycles. The summed E-state index contributed by atoms with van der Waals surface area (Å²) < 4.78 is 1.92. The third-order valence-electron chi connectivity index (χ3n) is 3.78. The third kappa shape index (κ3) is 2.94. The lowest BCUT2D eigenvalue weighted by molar-refractivity contribution is 0.456. The topological polar surface area (TPSA) is 46.9 Å². The molecule has 0 amide bonds. The maximum absolute atomic E-state index is 11.8. The molecule has 2 rings (SSSR count). The van der Waals surface area contributed by atoms with Crippen LogP contribution < -0.4 is 10.9 Å². The van der Waals surface area contributed by atoms with E-state index in [1.165, 1.54) is 36.8 Å². The average molecular weight is 314 g/mol. The molecular weight excluding hydrogens is 294 g/mol. The minimum absolute atomic E-state index is 0.0960. The van der Waals surface area contributed by atoms with Gasteiger partial charge in [-0.1, -0.05) is 26.2 Å². The van der Waals surface area contributed by atoms with Gasteiger partial charge >= 0.3 is 0 Å². The van der Waals surface area contributed by atoms with E-state index < -0.39 is 0 Å². The summed E-state index contributed by atoms with van der Waals surface area (Å²) in [5, 5.41) is 7.55. The molecular formula is C13H20BrN3O. The highest BCUT2D eigenvalue weighted by molar-refractivity contribution is 9.10. The summed E-state index contributed by atoms with van der Waals surface area (Å²) in [4.78, 5) is 11.8. The number of halogens is 1. The minimum atomic E-state index is -0.0960. The number of hydrogen-bond donors (Lipinski definition) is 1. The van der Waals surface area contributed by atoms with E-state index in [1.54, 1.807) is 13.2 Å². The second-order valence-electron chi connectivity index (χ2n) is 5.17. The molecule has 18 heavy (non-hydrogen) atoms. The normalized spacial score (nSPS) is 24.6. The van der Waals surface area contributed by atoms with Crippen LogP contribution in [-0.2, 0) is 7.05 Å². The maximum Gasteiger partial charge on any atom is 0.282 e. The molecule has 0 aromatic carbocycles. The van der Waals surface area contributed by atoms with Gasteiger partial charge in [0.25, 0.3) is 5.56 Å². The van der Waals surface area contributed by atoms with Crippen molar-refractivity contribution in [3.63, 3.8) is 0 Å². The van der Waals surface area contributed by atoms with Crippen LogP contribution in [0.25, 0.3) is 0 Å². The van der Waals surface area contributed by atoms with E-state index in [2.05, 4.69) is 33.3 Å². The van der Waals surface area contributed by atoms with Crippen LogP contribution in [0.1, 0.15) is 39.0 Å². The highest BCUT2D eigenvalue weighted by Crippen LogP contribution is 2.27. The molecule has 1 aromatic rings. The molecule has 0 spiro atoms. The van der Waals surface area contributed by atoms with Crippen LogP contribution in [0.2, 0.25) is 0 Å². The van der Waals surface area contributed by atoms with Crippen molar-refractivity contribution in [2.75, 3.05) is 5.32 Å². The molecule has 4 nitrogen and oxygen atoms in total. The van der Waals surface area contributed by atoms with Gasteiger partial charge < -0.3 is 5.32 Å². The van der Waals surface area contributed by atoms with Crippen molar-refractivity contribution in [2.45, 2.75) is 45.1 Å². The Morgan fingerprint density at radius 3 is 2.89 bits per heavy atom. The van der Waals surface area contributed by atoms with Gasteiger partial charge in [0.05, 0.1) is 11.9 Å². The highest BCUT2D eigenvalue weighted by atomic mass is 79.9. The molecule has 0 aliphatic heterocycles. The van der Waals surface area contributed by atoms with Gasteiger partial charge in [0.2, 0.25) is 0 Å². The molecule has 0 radical (unpaired) electrons. The molecule has 0 saturated heterocycles. The minimum Gasteiger partial charge on any atom is -0.380 e. The first kappa shape index (κ1) is 13.6. The molecule has 1 saturated carbocycles. The van der Waals surface area contributed by atoms with E-state index in [4.69, 9.17) is 0 Å². The summed E-state index contributed by atoms with van der Waals surface area (Å²) in [5.74, 6) is 0.642. The molecule has 1 aromatic heterocycles. The lowest BCUT2D eigenvalue weighted by Gasteiger charge is -2.24. The Hall–Kier alpha value is -0.840. The Labute approximate surface area is 116 Å². The maximum atomic E-state index is 11.8. The van der Waals surface area contributed by atoms with Crippen molar-refractivity contribution in [1.82, 2.24) is 9.78 Å². The zero-order chi connectivity index (χ0) is 13.1. The zero-order valence-corrected chi connectivity index (χ0v) is 12.5. The Morgan fingerprint density at radius 2 is 2.11 bits per heavy atom. The van der Waals surface area contributed by atoms with Gasteiger partial charge in [-0.25, -0.2) is 4.68 Å². The fourth-order valence-electron chi connectivity index (χ4n) is 2.52. The van der Waals surface area contributed by atoms with Crippen LogP contribution in [-0.4, -0.2) is 15.8 Å². The molecule has 1 aliphatic carbocycles. The van der Waals surface area contributed by atoms with Crippen molar-refractivity contribution in [2.24, 2.45) is 13.0 Å². The van der Waals surface area contributed by atoms with Crippen LogP contribution in [0.3, 0.4) is 0 Å². The molecule has 0 bridgehead atoms. The number of aryl methyl sites for hydroxylation is 1. The van der Waals surface area contributed by atoms with E-state index in [-0.39, 0.29) is 5.56 Å². The van der Waals surface area contributed by atoms with Crippen molar-refractivity contribution in [3.8, 4) is 0 Å². The summed E-state index contributed by atoms with van der Waals surface area (Å²) in [6.07, 6.45) is 8.05.